The first-order valence-electron chi connectivity index (χ1n) is 9.10. The number of nitrogens with two attached hydrogens (primary N) is 1. The molecular formula is C20H24N6O2. The highest BCUT2D eigenvalue weighted by molar-refractivity contribution is 5.92. The highest BCUT2D eigenvalue weighted by Gasteiger charge is 2.19. The number of aromatic nitrogens is 4. The first-order valence-corrected chi connectivity index (χ1v) is 9.10. The number of anilines is 1. The number of primary amides is 1. The molecule has 1 aliphatic heterocycles. The molecule has 0 unspecified atom stereocenters. The van der Waals surface area contributed by atoms with Crippen LogP contribution in [0.15, 0.2) is 48.9 Å². The van der Waals surface area contributed by atoms with Gasteiger partial charge in [0.1, 0.15) is 11.5 Å². The summed E-state index contributed by atoms with van der Waals surface area (Å²) in [7, 11) is 1.81. The summed E-state index contributed by atoms with van der Waals surface area (Å²) < 4.78 is 3.73. The molecular weight excluding hydrogens is 356 g/mol. The molecule has 1 aromatic carbocycles. The molecule has 0 bridgehead atoms. The topological polar surface area (TPSA) is 99.0 Å². The van der Waals surface area contributed by atoms with Crippen LogP contribution in [0.5, 0.6) is 0 Å². The first kappa shape index (κ1) is 19.3. The number of benzene rings is 1. The minimum absolute atomic E-state index is 0.179. The van der Waals surface area contributed by atoms with Crippen molar-refractivity contribution in [2.45, 2.75) is 32.9 Å². The Morgan fingerprint density at radius 2 is 2.00 bits per heavy atom. The van der Waals surface area contributed by atoms with Crippen LogP contribution in [0.1, 0.15) is 34.6 Å². The van der Waals surface area contributed by atoms with Crippen molar-refractivity contribution in [3.05, 3.63) is 65.9 Å². The highest BCUT2D eigenvalue weighted by Crippen LogP contribution is 2.19. The van der Waals surface area contributed by atoms with Crippen molar-refractivity contribution in [1.82, 2.24) is 19.3 Å². The fourth-order valence-electron chi connectivity index (χ4n) is 3.01. The van der Waals surface area contributed by atoms with E-state index in [1.807, 2.05) is 52.6 Å². The number of amides is 2. The summed E-state index contributed by atoms with van der Waals surface area (Å²) in [5.41, 5.74) is 7.53. The van der Waals surface area contributed by atoms with Crippen LogP contribution in [0, 0.1) is 6.92 Å². The van der Waals surface area contributed by atoms with Crippen LogP contribution < -0.4 is 10.6 Å². The van der Waals surface area contributed by atoms with Gasteiger partial charge in [-0.25, -0.2) is 9.67 Å². The fourth-order valence-corrected chi connectivity index (χ4v) is 3.01. The summed E-state index contributed by atoms with van der Waals surface area (Å²) in [6.07, 6.45) is 4.76. The number of fused-ring (bicyclic) bond motifs is 1. The van der Waals surface area contributed by atoms with E-state index in [4.69, 9.17) is 5.73 Å². The molecule has 0 atom stereocenters. The Morgan fingerprint density at radius 1 is 1.25 bits per heavy atom. The molecule has 0 fully saturated rings. The maximum absolute atomic E-state index is 11.5. The van der Waals surface area contributed by atoms with E-state index < -0.39 is 5.91 Å². The molecule has 0 saturated carbocycles. The molecule has 146 valence electrons. The Balaban J connectivity index is 0.000000162. The lowest BCUT2D eigenvalue weighted by molar-refractivity contribution is -0.118. The number of imidazole rings is 1. The zero-order chi connectivity index (χ0) is 20.1. The van der Waals surface area contributed by atoms with Crippen molar-refractivity contribution in [3.8, 4) is 0 Å². The minimum atomic E-state index is -0.498. The quantitative estimate of drug-likeness (QED) is 0.751. The number of aryl methyl sites for hydroxylation is 2. The summed E-state index contributed by atoms with van der Waals surface area (Å²) in [6.45, 7) is 3.49. The SMILES string of the molecule is Cc1cc2n(n1)CCCC(=O)N2C.NC(=O)c1cn(Cc2ccccc2)cn1. The molecule has 2 aromatic heterocycles. The molecule has 0 radical (unpaired) electrons. The van der Waals surface area contributed by atoms with Crippen molar-refractivity contribution in [2.24, 2.45) is 5.73 Å². The Kier molecular flexibility index (Phi) is 5.88. The molecule has 28 heavy (non-hydrogen) atoms. The van der Waals surface area contributed by atoms with Gasteiger partial charge in [0.25, 0.3) is 5.91 Å². The predicted octanol–water partition coefficient (Wildman–Crippen LogP) is 1.98. The van der Waals surface area contributed by atoms with Crippen LogP contribution in [-0.4, -0.2) is 38.2 Å². The monoisotopic (exact) mass is 380 g/mol. The zero-order valence-electron chi connectivity index (χ0n) is 16.1. The normalized spacial score (nSPS) is 13.4. The van der Waals surface area contributed by atoms with Gasteiger partial charge in [0.2, 0.25) is 5.91 Å². The molecule has 0 spiro atoms. The molecule has 3 aromatic rings. The van der Waals surface area contributed by atoms with Crippen LogP contribution in [-0.2, 0) is 17.9 Å². The van der Waals surface area contributed by atoms with Gasteiger partial charge in [-0.2, -0.15) is 5.10 Å². The van der Waals surface area contributed by atoms with E-state index in [-0.39, 0.29) is 5.91 Å². The number of rotatable bonds is 3. The third kappa shape index (κ3) is 4.64. The molecule has 1 aliphatic rings. The van der Waals surface area contributed by atoms with Crippen molar-refractivity contribution >= 4 is 17.6 Å². The van der Waals surface area contributed by atoms with Crippen molar-refractivity contribution in [3.63, 3.8) is 0 Å². The molecule has 8 heteroatoms. The van der Waals surface area contributed by atoms with Crippen LogP contribution in [0.2, 0.25) is 0 Å². The third-order valence-corrected chi connectivity index (χ3v) is 4.45. The van der Waals surface area contributed by atoms with E-state index in [9.17, 15) is 9.59 Å². The van der Waals surface area contributed by atoms with E-state index in [0.29, 0.717) is 18.7 Å². The Hall–Kier alpha value is -3.42. The Morgan fingerprint density at radius 3 is 2.68 bits per heavy atom. The maximum atomic E-state index is 11.5. The van der Waals surface area contributed by atoms with E-state index >= 15 is 0 Å². The van der Waals surface area contributed by atoms with Gasteiger partial charge in [-0.3, -0.25) is 9.59 Å². The molecule has 3 heterocycles. The Bertz CT molecular complexity index is 960. The summed E-state index contributed by atoms with van der Waals surface area (Å²) in [6, 6.07) is 11.9. The first-order chi connectivity index (χ1) is 13.4. The lowest BCUT2D eigenvalue weighted by atomic mass is 10.2. The largest absolute Gasteiger partial charge is 0.364 e. The van der Waals surface area contributed by atoms with Gasteiger partial charge in [-0.15, -0.1) is 0 Å². The van der Waals surface area contributed by atoms with Gasteiger partial charge in [-0.1, -0.05) is 30.3 Å². The van der Waals surface area contributed by atoms with Gasteiger partial charge in [-0.05, 0) is 18.9 Å². The third-order valence-electron chi connectivity index (χ3n) is 4.45. The molecule has 2 amide bonds. The molecule has 0 saturated heterocycles. The van der Waals surface area contributed by atoms with Gasteiger partial charge < -0.3 is 15.2 Å². The standard InChI is InChI=1S/C11H11N3O.C9H13N3O/c12-11(15)10-7-14(8-13-10)6-9-4-2-1-3-5-9;1-7-6-8-11(2)9(13)4-3-5-12(8)10-7/h1-5,7-8H,6H2,(H2,12,15);6H,3-5H2,1-2H3. The molecule has 8 nitrogen and oxygen atoms in total. The van der Waals surface area contributed by atoms with E-state index in [2.05, 4.69) is 10.1 Å². The summed E-state index contributed by atoms with van der Waals surface area (Å²) >= 11 is 0. The van der Waals surface area contributed by atoms with Gasteiger partial charge in [0, 0.05) is 38.8 Å². The lowest BCUT2D eigenvalue weighted by Crippen LogP contribution is -2.25. The Labute approximate surface area is 163 Å². The van der Waals surface area contributed by atoms with Gasteiger partial charge in [0.05, 0.1) is 12.0 Å². The molecule has 4 rings (SSSR count). The van der Waals surface area contributed by atoms with Gasteiger partial charge >= 0.3 is 0 Å². The second-order valence-electron chi connectivity index (χ2n) is 6.70. The van der Waals surface area contributed by atoms with Gasteiger partial charge in [0.15, 0.2) is 0 Å². The minimum Gasteiger partial charge on any atom is -0.364 e. The second kappa shape index (κ2) is 8.51. The van der Waals surface area contributed by atoms with Crippen molar-refractivity contribution in [1.29, 1.82) is 0 Å². The maximum Gasteiger partial charge on any atom is 0.268 e. The van der Waals surface area contributed by atoms with Crippen LogP contribution in [0.4, 0.5) is 5.82 Å². The summed E-state index contributed by atoms with van der Waals surface area (Å²) in [5, 5.41) is 4.32. The van der Waals surface area contributed by atoms with Crippen molar-refractivity contribution in [2.75, 3.05) is 11.9 Å². The zero-order valence-corrected chi connectivity index (χ0v) is 16.1. The van der Waals surface area contributed by atoms with E-state index in [1.54, 1.807) is 24.5 Å². The number of carbonyl (C=O) groups is 2. The van der Waals surface area contributed by atoms with Crippen LogP contribution in [0.3, 0.4) is 0 Å². The lowest BCUT2D eigenvalue weighted by Gasteiger charge is -2.13. The average molecular weight is 380 g/mol. The smallest absolute Gasteiger partial charge is 0.268 e. The number of hydrogen-bond donors (Lipinski definition) is 1. The summed E-state index contributed by atoms with van der Waals surface area (Å²) in [5.74, 6) is 0.598. The average Bonchev–Trinajstić information content (AvgIpc) is 3.26. The van der Waals surface area contributed by atoms with Crippen LogP contribution in [0.25, 0.3) is 0 Å². The second-order valence-corrected chi connectivity index (χ2v) is 6.70. The summed E-state index contributed by atoms with van der Waals surface area (Å²) in [4.78, 5) is 27.9. The number of nitrogens with zero attached hydrogens (tertiary/aromatic N) is 5. The van der Waals surface area contributed by atoms with Crippen molar-refractivity contribution < 1.29 is 9.59 Å². The number of hydrogen-bond acceptors (Lipinski definition) is 4. The van der Waals surface area contributed by atoms with E-state index in [1.165, 1.54) is 0 Å². The highest BCUT2D eigenvalue weighted by atomic mass is 16.2. The molecule has 0 aliphatic carbocycles. The number of carbonyl (C=O) groups excluding carboxylic acids is 2. The molecule has 2 N–H and O–H groups in total. The van der Waals surface area contributed by atoms with Crippen LogP contribution >= 0.6 is 0 Å². The van der Waals surface area contributed by atoms with E-state index in [0.717, 1.165) is 30.0 Å². The fraction of sp³-hybridized carbons (Fsp3) is 0.300. The predicted molar refractivity (Wildman–Crippen MR) is 106 cm³/mol.